The Kier molecular flexibility index (Phi) is 4.29. The molecule has 1 atom stereocenters. The van der Waals surface area contributed by atoms with E-state index in [2.05, 4.69) is 4.98 Å². The molecule has 0 saturated carbocycles. The van der Waals surface area contributed by atoms with Crippen LogP contribution in [0.1, 0.15) is 12.8 Å². The minimum absolute atomic E-state index is 0.0248. The fourth-order valence-corrected chi connectivity index (χ4v) is 4.20. The topological polar surface area (TPSA) is 119 Å². The molecule has 31 heavy (non-hydrogen) atoms. The van der Waals surface area contributed by atoms with Gasteiger partial charge >= 0.3 is 5.69 Å². The summed E-state index contributed by atoms with van der Waals surface area (Å²) in [6.07, 6.45) is 3.56. The highest BCUT2D eigenvalue weighted by Crippen LogP contribution is 2.29. The molecule has 5 rings (SSSR count). The molecular weight excluding hydrogens is 404 g/mol. The molecule has 1 aliphatic rings. The highest BCUT2D eigenvalue weighted by atomic mass is 16.6. The Morgan fingerprint density at radius 3 is 2.77 bits per heavy atom. The van der Waals surface area contributed by atoms with Crippen LogP contribution in [-0.2, 0) is 25.4 Å². The van der Waals surface area contributed by atoms with Crippen molar-refractivity contribution < 1.29 is 9.66 Å². The van der Waals surface area contributed by atoms with Crippen LogP contribution in [0.4, 0.5) is 5.69 Å². The molecule has 0 radical (unpaired) electrons. The number of non-ortho nitro benzene ring substituents is 1. The van der Waals surface area contributed by atoms with Crippen LogP contribution in [0.15, 0.2) is 40.1 Å². The summed E-state index contributed by atoms with van der Waals surface area (Å²) in [5, 5.41) is 11.3. The number of hydrogen-bond acceptors (Lipinski definition) is 6. The van der Waals surface area contributed by atoms with Crippen LogP contribution < -0.4 is 11.2 Å². The van der Waals surface area contributed by atoms with Crippen molar-refractivity contribution >= 4 is 22.6 Å². The van der Waals surface area contributed by atoms with E-state index in [0.717, 1.165) is 17.4 Å². The zero-order valence-corrected chi connectivity index (χ0v) is 17.0. The molecule has 1 unspecified atom stereocenters. The molecule has 0 aliphatic carbocycles. The molecule has 1 aromatic carbocycles. The summed E-state index contributed by atoms with van der Waals surface area (Å²) in [4.78, 5) is 40.7. The van der Waals surface area contributed by atoms with Gasteiger partial charge in [-0.25, -0.2) is 4.79 Å². The second kappa shape index (κ2) is 6.91. The predicted octanol–water partition coefficient (Wildman–Crippen LogP) is 1.44. The number of nitrogens with zero attached hydrogens (tertiary/aromatic N) is 6. The summed E-state index contributed by atoms with van der Waals surface area (Å²) in [6.45, 7) is 1.16. The molecule has 3 aromatic heterocycles. The van der Waals surface area contributed by atoms with Crippen molar-refractivity contribution in [3.63, 3.8) is 0 Å². The normalized spacial score (nSPS) is 16.5. The van der Waals surface area contributed by atoms with Gasteiger partial charge in [0, 0.05) is 44.6 Å². The molecule has 11 nitrogen and oxygen atoms in total. The van der Waals surface area contributed by atoms with E-state index in [-0.39, 0.29) is 23.0 Å². The number of benzene rings is 1. The minimum Gasteiger partial charge on any atom is -0.376 e. The maximum atomic E-state index is 12.9. The van der Waals surface area contributed by atoms with E-state index in [0.29, 0.717) is 30.2 Å². The van der Waals surface area contributed by atoms with Gasteiger partial charge in [0.05, 0.1) is 23.3 Å². The monoisotopic (exact) mass is 424 g/mol. The van der Waals surface area contributed by atoms with E-state index in [1.165, 1.54) is 23.7 Å². The van der Waals surface area contributed by atoms with E-state index < -0.39 is 16.2 Å². The largest absolute Gasteiger partial charge is 0.376 e. The Hall–Kier alpha value is -3.73. The van der Waals surface area contributed by atoms with Gasteiger partial charge in [-0.1, -0.05) is 12.1 Å². The van der Waals surface area contributed by atoms with Crippen LogP contribution in [0.5, 0.6) is 0 Å². The number of fused-ring (bicyclic) bond motifs is 3. The summed E-state index contributed by atoms with van der Waals surface area (Å²) in [7, 11) is 3.00. The number of nitro benzene ring substituents is 1. The highest BCUT2D eigenvalue weighted by molar-refractivity contribution is 5.78. The van der Waals surface area contributed by atoms with Gasteiger partial charge in [-0.05, 0) is 12.8 Å². The van der Waals surface area contributed by atoms with E-state index in [1.807, 2.05) is 4.57 Å². The van der Waals surface area contributed by atoms with Crippen molar-refractivity contribution in [3.05, 3.63) is 61.4 Å². The van der Waals surface area contributed by atoms with Crippen molar-refractivity contribution in [1.29, 1.82) is 0 Å². The van der Waals surface area contributed by atoms with Gasteiger partial charge in [-0.3, -0.25) is 28.4 Å². The first-order valence-electron chi connectivity index (χ1n) is 9.90. The molecule has 4 heterocycles. The van der Waals surface area contributed by atoms with Gasteiger partial charge < -0.3 is 9.30 Å². The number of ether oxygens (including phenoxy) is 1. The third-order valence-corrected chi connectivity index (χ3v) is 5.82. The standard InChI is InChI=1S/C20H20N6O5/c1-22-17-16(18(27)23(2)20(22)28)25-11-15(12-5-3-6-13(9-12)26(29)30)24(19(25)21-17)10-14-7-4-8-31-14/h3,5-6,9,11,14H,4,7-8,10H2,1-2H3. The molecular formula is C20H20N6O5. The third kappa shape index (κ3) is 2.88. The molecule has 1 aliphatic heterocycles. The van der Waals surface area contributed by atoms with Gasteiger partial charge in [0.25, 0.3) is 11.2 Å². The molecule has 160 valence electrons. The Morgan fingerprint density at radius 2 is 2.06 bits per heavy atom. The zero-order chi connectivity index (χ0) is 21.9. The van der Waals surface area contributed by atoms with Crippen molar-refractivity contribution in [2.24, 2.45) is 14.1 Å². The van der Waals surface area contributed by atoms with E-state index >= 15 is 0 Å². The SMILES string of the molecule is Cn1c(=O)c2c(nc3n(CC4CCCO4)c(-c4cccc([N+](=O)[O-])c4)cn23)n(C)c1=O. The highest BCUT2D eigenvalue weighted by Gasteiger charge is 2.24. The smallest absolute Gasteiger partial charge is 0.332 e. The van der Waals surface area contributed by atoms with Gasteiger partial charge in [0.15, 0.2) is 11.2 Å². The Labute approximate surface area is 174 Å². The van der Waals surface area contributed by atoms with Gasteiger partial charge in [0.1, 0.15) is 0 Å². The van der Waals surface area contributed by atoms with Crippen LogP contribution in [0, 0.1) is 10.1 Å². The molecule has 4 aromatic rings. The second-order valence-electron chi connectivity index (χ2n) is 7.73. The summed E-state index contributed by atoms with van der Waals surface area (Å²) < 4.78 is 11.7. The van der Waals surface area contributed by atoms with Gasteiger partial charge in [-0.15, -0.1) is 0 Å². The first-order chi connectivity index (χ1) is 14.9. The van der Waals surface area contributed by atoms with Crippen molar-refractivity contribution in [1.82, 2.24) is 23.1 Å². The van der Waals surface area contributed by atoms with Crippen molar-refractivity contribution in [2.75, 3.05) is 6.61 Å². The van der Waals surface area contributed by atoms with Crippen molar-refractivity contribution in [2.45, 2.75) is 25.5 Å². The molecule has 1 fully saturated rings. The van der Waals surface area contributed by atoms with E-state index in [1.54, 1.807) is 29.8 Å². The lowest BCUT2D eigenvalue weighted by molar-refractivity contribution is -0.384. The molecule has 11 heteroatoms. The lowest BCUT2D eigenvalue weighted by Crippen LogP contribution is -2.37. The quantitative estimate of drug-likeness (QED) is 0.361. The van der Waals surface area contributed by atoms with Crippen LogP contribution in [0.25, 0.3) is 28.2 Å². The first-order valence-corrected chi connectivity index (χ1v) is 9.90. The van der Waals surface area contributed by atoms with Crippen LogP contribution in [-0.4, -0.2) is 40.7 Å². The maximum absolute atomic E-state index is 12.9. The van der Waals surface area contributed by atoms with Crippen LogP contribution in [0.2, 0.25) is 0 Å². The van der Waals surface area contributed by atoms with Crippen LogP contribution >= 0.6 is 0 Å². The van der Waals surface area contributed by atoms with Gasteiger partial charge in [0.2, 0.25) is 5.78 Å². The third-order valence-electron chi connectivity index (χ3n) is 5.82. The van der Waals surface area contributed by atoms with Crippen molar-refractivity contribution in [3.8, 4) is 11.3 Å². The number of aryl methyl sites for hydroxylation is 1. The van der Waals surface area contributed by atoms with E-state index in [4.69, 9.17) is 4.74 Å². The lowest BCUT2D eigenvalue weighted by Gasteiger charge is -2.13. The number of hydrogen-bond donors (Lipinski definition) is 0. The average molecular weight is 424 g/mol. The predicted molar refractivity (Wildman–Crippen MR) is 112 cm³/mol. The Bertz CT molecular complexity index is 1470. The van der Waals surface area contributed by atoms with Crippen LogP contribution in [0.3, 0.4) is 0 Å². The molecule has 0 N–H and O–H groups in total. The summed E-state index contributed by atoms with van der Waals surface area (Å²) in [5.74, 6) is 0.477. The Balaban J connectivity index is 1.82. The second-order valence-corrected chi connectivity index (χ2v) is 7.73. The average Bonchev–Trinajstić information content (AvgIpc) is 3.48. The number of aromatic nitrogens is 5. The molecule has 1 saturated heterocycles. The summed E-state index contributed by atoms with van der Waals surface area (Å²) in [6, 6.07) is 6.34. The first kappa shape index (κ1) is 19.2. The number of rotatable bonds is 4. The Morgan fingerprint density at radius 1 is 1.26 bits per heavy atom. The lowest BCUT2D eigenvalue weighted by atomic mass is 10.1. The maximum Gasteiger partial charge on any atom is 0.332 e. The van der Waals surface area contributed by atoms with E-state index in [9.17, 15) is 19.7 Å². The number of nitro groups is 1. The minimum atomic E-state index is -0.456. The molecule has 0 amide bonds. The zero-order valence-electron chi connectivity index (χ0n) is 17.0. The summed E-state index contributed by atoms with van der Waals surface area (Å²) >= 11 is 0. The summed E-state index contributed by atoms with van der Waals surface area (Å²) in [5.41, 5.74) is 0.940. The molecule has 0 spiro atoms. The molecule has 0 bridgehead atoms. The fraction of sp³-hybridized carbons (Fsp3) is 0.350. The fourth-order valence-electron chi connectivity index (χ4n) is 4.20. The van der Waals surface area contributed by atoms with Gasteiger partial charge in [-0.2, -0.15) is 4.98 Å². The number of imidazole rings is 2.